The van der Waals surface area contributed by atoms with Crippen LogP contribution in [-0.2, 0) is 0 Å². The number of aromatic nitrogens is 1. The van der Waals surface area contributed by atoms with E-state index in [1.807, 2.05) is 6.07 Å². The zero-order chi connectivity index (χ0) is 18.8. The Labute approximate surface area is 153 Å². The monoisotopic (exact) mass is 358 g/mol. The highest BCUT2D eigenvalue weighted by molar-refractivity contribution is 6.17. The van der Waals surface area contributed by atoms with Crippen LogP contribution in [0.2, 0.25) is 0 Å². The van der Waals surface area contributed by atoms with E-state index in [0.29, 0.717) is 27.9 Å². The van der Waals surface area contributed by atoms with Gasteiger partial charge in [-0.25, -0.2) is 4.79 Å². The van der Waals surface area contributed by atoms with Crippen LogP contribution in [0.4, 0.5) is 5.69 Å². The van der Waals surface area contributed by atoms with Crippen molar-refractivity contribution in [2.45, 2.75) is 0 Å². The third-order valence-electron chi connectivity index (χ3n) is 4.13. The molecule has 0 spiro atoms. The van der Waals surface area contributed by atoms with E-state index in [1.165, 1.54) is 0 Å². The summed E-state index contributed by atoms with van der Waals surface area (Å²) in [7, 11) is 0. The first-order valence-electron chi connectivity index (χ1n) is 8.25. The van der Waals surface area contributed by atoms with Gasteiger partial charge in [-0.1, -0.05) is 48.5 Å². The fourth-order valence-electron chi connectivity index (χ4n) is 2.85. The molecule has 1 amide bonds. The smallest absolute Gasteiger partial charge is 0.408 e. The predicted molar refractivity (Wildman–Crippen MR) is 101 cm³/mol. The van der Waals surface area contributed by atoms with Crippen molar-refractivity contribution >= 4 is 28.5 Å². The number of carbonyl (C=O) groups excluding carboxylic acids is 2. The molecule has 0 fully saturated rings. The lowest BCUT2D eigenvalue weighted by Crippen LogP contribution is -2.16. The van der Waals surface area contributed by atoms with Crippen LogP contribution in [0.25, 0.3) is 11.1 Å². The lowest BCUT2D eigenvalue weighted by Gasteiger charge is -2.10. The standard InChI is InChI=1S/C21H14N2O4/c24-19(13-6-2-1-3-7-13)15-8-4-5-9-16(15)20(25)22-14-10-11-18-17(12-14)23-21(26)27-18/h1-12H,(H,22,25)(H,23,26). The number of benzene rings is 3. The van der Waals surface area contributed by atoms with E-state index >= 15 is 0 Å². The minimum absolute atomic E-state index is 0.226. The minimum Gasteiger partial charge on any atom is -0.408 e. The van der Waals surface area contributed by atoms with E-state index in [4.69, 9.17) is 4.42 Å². The van der Waals surface area contributed by atoms with Crippen LogP contribution in [0.1, 0.15) is 26.3 Å². The molecule has 0 aliphatic carbocycles. The van der Waals surface area contributed by atoms with E-state index in [0.717, 1.165) is 0 Å². The molecule has 4 rings (SSSR count). The molecule has 0 saturated heterocycles. The van der Waals surface area contributed by atoms with E-state index in [2.05, 4.69) is 10.3 Å². The number of H-pyrrole nitrogens is 1. The molecule has 3 aromatic carbocycles. The Hall–Kier alpha value is -3.93. The SMILES string of the molecule is O=C(Nc1ccc2oc(=O)[nH]c2c1)c1ccccc1C(=O)c1ccccc1. The molecule has 1 heterocycles. The van der Waals surface area contributed by atoms with Gasteiger partial charge in [0, 0.05) is 16.8 Å². The number of fused-ring (bicyclic) bond motifs is 1. The number of rotatable bonds is 4. The summed E-state index contributed by atoms with van der Waals surface area (Å²) in [5, 5.41) is 2.75. The lowest BCUT2D eigenvalue weighted by atomic mass is 9.98. The van der Waals surface area contributed by atoms with Gasteiger partial charge >= 0.3 is 5.76 Å². The minimum atomic E-state index is -0.563. The maximum atomic E-state index is 12.8. The quantitative estimate of drug-likeness (QED) is 0.545. The molecule has 0 aliphatic heterocycles. The van der Waals surface area contributed by atoms with E-state index in [1.54, 1.807) is 66.7 Å². The van der Waals surface area contributed by atoms with E-state index in [-0.39, 0.29) is 11.3 Å². The predicted octanol–water partition coefficient (Wildman–Crippen LogP) is 3.60. The number of oxazole rings is 1. The van der Waals surface area contributed by atoms with E-state index in [9.17, 15) is 14.4 Å². The lowest BCUT2D eigenvalue weighted by molar-refractivity contribution is 0.0996. The maximum Gasteiger partial charge on any atom is 0.417 e. The van der Waals surface area contributed by atoms with Gasteiger partial charge in [0.2, 0.25) is 0 Å². The van der Waals surface area contributed by atoms with Crippen molar-refractivity contribution in [1.82, 2.24) is 4.98 Å². The first-order chi connectivity index (χ1) is 13.1. The summed E-state index contributed by atoms with van der Waals surface area (Å²) in [6, 6.07) is 20.2. The Morgan fingerprint density at radius 1 is 0.852 bits per heavy atom. The van der Waals surface area contributed by atoms with Crippen LogP contribution < -0.4 is 11.1 Å². The average Bonchev–Trinajstić information content (AvgIpc) is 3.07. The third-order valence-corrected chi connectivity index (χ3v) is 4.13. The number of carbonyl (C=O) groups is 2. The van der Waals surface area contributed by atoms with E-state index < -0.39 is 11.7 Å². The number of nitrogens with one attached hydrogen (secondary N) is 2. The number of ketones is 1. The Kier molecular flexibility index (Phi) is 4.14. The molecule has 0 aliphatic rings. The van der Waals surface area contributed by atoms with Gasteiger partial charge in [-0.2, -0.15) is 0 Å². The molecule has 0 bridgehead atoms. The third kappa shape index (κ3) is 3.28. The maximum absolute atomic E-state index is 12.8. The zero-order valence-corrected chi connectivity index (χ0v) is 14.1. The summed E-state index contributed by atoms with van der Waals surface area (Å²) in [6.07, 6.45) is 0. The van der Waals surface area contributed by atoms with Crippen LogP contribution in [0.15, 0.2) is 82.0 Å². The normalized spacial score (nSPS) is 10.7. The number of hydrogen-bond donors (Lipinski definition) is 2. The molecule has 27 heavy (non-hydrogen) atoms. The van der Waals surface area contributed by atoms with Gasteiger partial charge in [0.15, 0.2) is 11.4 Å². The molecule has 0 atom stereocenters. The summed E-state index contributed by atoms with van der Waals surface area (Å²) in [5.41, 5.74) is 2.46. The van der Waals surface area contributed by atoms with Crippen LogP contribution in [0.3, 0.4) is 0 Å². The summed E-state index contributed by atoms with van der Waals surface area (Å²) in [6.45, 7) is 0. The fraction of sp³-hybridized carbons (Fsp3) is 0. The van der Waals surface area contributed by atoms with Gasteiger partial charge in [-0.05, 0) is 24.3 Å². The summed E-state index contributed by atoms with van der Waals surface area (Å²) in [5.74, 6) is -1.21. The van der Waals surface area contributed by atoms with Crippen molar-refractivity contribution in [1.29, 1.82) is 0 Å². The van der Waals surface area contributed by atoms with Crippen LogP contribution in [0.5, 0.6) is 0 Å². The molecule has 1 aromatic heterocycles. The van der Waals surface area contributed by atoms with Crippen molar-refractivity contribution in [2.75, 3.05) is 5.32 Å². The second kappa shape index (κ2) is 6.76. The first-order valence-corrected chi connectivity index (χ1v) is 8.25. The molecule has 0 radical (unpaired) electrons. The number of anilines is 1. The molecular weight excluding hydrogens is 344 g/mol. The molecule has 0 unspecified atom stereocenters. The molecule has 6 heteroatoms. The highest BCUT2D eigenvalue weighted by Gasteiger charge is 2.18. The number of amides is 1. The van der Waals surface area contributed by atoms with Gasteiger partial charge in [-0.15, -0.1) is 0 Å². The first kappa shape index (κ1) is 16.5. The average molecular weight is 358 g/mol. The largest absolute Gasteiger partial charge is 0.417 e. The Morgan fingerprint density at radius 2 is 1.56 bits per heavy atom. The Balaban J connectivity index is 1.65. The molecule has 132 valence electrons. The number of aromatic amines is 1. The van der Waals surface area contributed by atoms with Gasteiger partial charge in [0.1, 0.15) is 0 Å². The van der Waals surface area contributed by atoms with Crippen molar-refractivity contribution < 1.29 is 14.0 Å². The second-order valence-corrected chi connectivity index (χ2v) is 5.92. The number of hydrogen-bond acceptors (Lipinski definition) is 4. The van der Waals surface area contributed by atoms with Gasteiger partial charge < -0.3 is 9.73 Å². The van der Waals surface area contributed by atoms with Gasteiger partial charge in [0.25, 0.3) is 5.91 Å². The van der Waals surface area contributed by atoms with Crippen molar-refractivity contribution in [2.24, 2.45) is 0 Å². The molecular formula is C21H14N2O4. The summed E-state index contributed by atoms with van der Waals surface area (Å²) < 4.78 is 4.94. The van der Waals surface area contributed by atoms with Gasteiger partial charge in [0.05, 0.1) is 11.1 Å². The summed E-state index contributed by atoms with van der Waals surface area (Å²) in [4.78, 5) is 39.3. The van der Waals surface area contributed by atoms with Crippen molar-refractivity contribution in [3.8, 4) is 0 Å². The molecule has 0 saturated carbocycles. The van der Waals surface area contributed by atoms with Crippen molar-refractivity contribution in [3.63, 3.8) is 0 Å². The highest BCUT2D eigenvalue weighted by atomic mass is 16.4. The van der Waals surface area contributed by atoms with Crippen LogP contribution in [0, 0.1) is 0 Å². The Morgan fingerprint density at radius 3 is 2.33 bits per heavy atom. The Bertz CT molecular complexity index is 1210. The fourth-order valence-corrected chi connectivity index (χ4v) is 2.85. The highest BCUT2D eigenvalue weighted by Crippen LogP contribution is 2.19. The van der Waals surface area contributed by atoms with Crippen LogP contribution in [-0.4, -0.2) is 16.7 Å². The van der Waals surface area contributed by atoms with Crippen molar-refractivity contribution in [3.05, 3.63) is 100 Å². The molecule has 2 N–H and O–H groups in total. The van der Waals surface area contributed by atoms with Gasteiger partial charge in [-0.3, -0.25) is 14.6 Å². The topological polar surface area (TPSA) is 92.2 Å². The zero-order valence-electron chi connectivity index (χ0n) is 14.1. The summed E-state index contributed by atoms with van der Waals surface area (Å²) >= 11 is 0. The second-order valence-electron chi connectivity index (χ2n) is 5.92. The molecule has 4 aromatic rings. The van der Waals surface area contributed by atoms with Crippen LogP contribution >= 0.6 is 0 Å². The molecule has 6 nitrogen and oxygen atoms in total.